The van der Waals surface area contributed by atoms with Crippen LogP contribution in [0.1, 0.15) is 20.3 Å². The topological polar surface area (TPSA) is 48.5 Å². The third-order valence-electron chi connectivity index (χ3n) is 4.00. The van der Waals surface area contributed by atoms with Crippen molar-refractivity contribution in [3.8, 4) is 0 Å². The van der Waals surface area contributed by atoms with Crippen LogP contribution in [0.5, 0.6) is 0 Å². The molecule has 0 spiro atoms. The van der Waals surface area contributed by atoms with E-state index in [9.17, 15) is 4.79 Å². The summed E-state index contributed by atoms with van der Waals surface area (Å²) in [4.78, 5) is 20.6. The summed E-state index contributed by atoms with van der Waals surface area (Å²) in [5, 5.41) is 4.25. The molecular formula is C16H22N4OS. The molecule has 0 atom stereocenters. The van der Waals surface area contributed by atoms with E-state index in [1.54, 1.807) is 11.3 Å². The first-order valence-electron chi connectivity index (χ1n) is 7.88. The molecule has 0 saturated carbocycles. The van der Waals surface area contributed by atoms with Gasteiger partial charge in [-0.25, -0.2) is 4.98 Å². The summed E-state index contributed by atoms with van der Waals surface area (Å²) in [7, 11) is 0. The van der Waals surface area contributed by atoms with Gasteiger partial charge in [-0.1, -0.05) is 18.3 Å². The second-order valence-corrected chi connectivity index (χ2v) is 6.45. The number of piperazine rings is 1. The Morgan fingerprint density at radius 1 is 1.27 bits per heavy atom. The summed E-state index contributed by atoms with van der Waals surface area (Å²) in [6.07, 6.45) is 0.597. The molecule has 0 radical (unpaired) electrons. The van der Waals surface area contributed by atoms with E-state index in [-0.39, 0.29) is 5.91 Å². The van der Waals surface area contributed by atoms with Crippen molar-refractivity contribution in [3.63, 3.8) is 0 Å². The summed E-state index contributed by atoms with van der Waals surface area (Å²) in [5.41, 5.74) is 2.27. The molecule has 3 rings (SSSR count). The number of aromatic nitrogens is 1. The highest BCUT2D eigenvalue weighted by molar-refractivity contribution is 7.22. The Bertz CT molecular complexity index is 661. The number of carbonyl (C=O) groups excluding carboxylic acids is 1. The van der Waals surface area contributed by atoms with Gasteiger partial charge < -0.3 is 15.1 Å². The van der Waals surface area contributed by atoms with Crippen LogP contribution in [0.2, 0.25) is 0 Å². The van der Waals surface area contributed by atoms with Gasteiger partial charge in [-0.05, 0) is 25.1 Å². The molecule has 118 valence electrons. The van der Waals surface area contributed by atoms with E-state index < -0.39 is 0 Å². The molecule has 1 aliphatic rings. The number of hydrogen-bond acceptors (Lipinski definition) is 5. The normalized spacial score (nSPS) is 15.4. The lowest BCUT2D eigenvalue weighted by Gasteiger charge is -2.36. The molecule has 0 aliphatic carbocycles. The fraction of sp³-hybridized carbons (Fsp3) is 0.500. The van der Waals surface area contributed by atoms with Crippen molar-refractivity contribution in [2.75, 3.05) is 42.9 Å². The highest BCUT2D eigenvalue weighted by Crippen LogP contribution is 2.30. The number of rotatable bonds is 4. The van der Waals surface area contributed by atoms with Crippen LogP contribution in [0.3, 0.4) is 0 Å². The van der Waals surface area contributed by atoms with Gasteiger partial charge in [0.15, 0.2) is 5.13 Å². The van der Waals surface area contributed by atoms with E-state index >= 15 is 0 Å². The quantitative estimate of drug-likeness (QED) is 0.942. The van der Waals surface area contributed by atoms with Crippen molar-refractivity contribution in [1.82, 2.24) is 9.88 Å². The predicted molar refractivity (Wildman–Crippen MR) is 92.9 cm³/mol. The lowest BCUT2D eigenvalue weighted by Crippen LogP contribution is -2.48. The predicted octanol–water partition coefficient (Wildman–Crippen LogP) is 2.79. The Hall–Kier alpha value is -1.82. The fourth-order valence-electron chi connectivity index (χ4n) is 2.77. The van der Waals surface area contributed by atoms with Gasteiger partial charge in [-0.15, -0.1) is 0 Å². The molecule has 1 aromatic heterocycles. The average molecular weight is 318 g/mol. The fourth-order valence-corrected chi connectivity index (χ4v) is 3.74. The average Bonchev–Trinajstić information content (AvgIpc) is 2.96. The number of hydrogen-bond donors (Lipinski definition) is 1. The van der Waals surface area contributed by atoms with Crippen LogP contribution in [-0.4, -0.2) is 48.5 Å². The van der Waals surface area contributed by atoms with Crippen LogP contribution in [0.15, 0.2) is 18.2 Å². The number of benzene rings is 1. The van der Waals surface area contributed by atoms with E-state index in [1.807, 2.05) is 11.8 Å². The Morgan fingerprint density at radius 2 is 2.05 bits per heavy atom. The van der Waals surface area contributed by atoms with E-state index in [2.05, 4.69) is 40.3 Å². The zero-order valence-corrected chi connectivity index (χ0v) is 13.9. The molecule has 22 heavy (non-hydrogen) atoms. The van der Waals surface area contributed by atoms with E-state index in [0.29, 0.717) is 6.42 Å². The van der Waals surface area contributed by atoms with Gasteiger partial charge in [-0.3, -0.25) is 4.79 Å². The van der Waals surface area contributed by atoms with Gasteiger partial charge in [0.25, 0.3) is 0 Å². The number of nitrogens with one attached hydrogen (secondary N) is 1. The molecule has 0 unspecified atom stereocenters. The summed E-state index contributed by atoms with van der Waals surface area (Å²) < 4.78 is 1.21. The number of amides is 1. The van der Waals surface area contributed by atoms with Crippen LogP contribution in [0, 0.1) is 0 Å². The minimum Gasteiger partial charge on any atom is -0.368 e. The number of thiazole rings is 1. The largest absolute Gasteiger partial charge is 0.368 e. The maximum Gasteiger partial charge on any atom is 0.222 e. The van der Waals surface area contributed by atoms with Crippen LogP contribution in [-0.2, 0) is 4.79 Å². The van der Waals surface area contributed by atoms with E-state index in [0.717, 1.165) is 43.4 Å². The maximum absolute atomic E-state index is 11.7. The van der Waals surface area contributed by atoms with Crippen molar-refractivity contribution < 1.29 is 4.79 Å². The van der Waals surface area contributed by atoms with Gasteiger partial charge >= 0.3 is 0 Å². The molecule has 1 amide bonds. The Labute approximate surface area is 134 Å². The number of nitrogens with zero attached hydrogens (tertiary/aromatic N) is 3. The molecule has 1 N–H and O–H groups in total. The number of fused-ring (bicyclic) bond motifs is 1. The zero-order valence-electron chi connectivity index (χ0n) is 13.1. The number of anilines is 2. The Balaban J connectivity index is 1.72. The smallest absolute Gasteiger partial charge is 0.222 e. The summed E-state index contributed by atoms with van der Waals surface area (Å²) >= 11 is 1.70. The molecular weight excluding hydrogens is 296 g/mol. The van der Waals surface area contributed by atoms with Crippen LogP contribution in [0.25, 0.3) is 10.2 Å². The van der Waals surface area contributed by atoms with Crippen LogP contribution < -0.4 is 10.2 Å². The maximum atomic E-state index is 11.7. The third-order valence-corrected chi connectivity index (χ3v) is 4.98. The van der Waals surface area contributed by atoms with Gasteiger partial charge in [0.1, 0.15) is 0 Å². The zero-order chi connectivity index (χ0) is 15.5. The first kappa shape index (κ1) is 15.1. The van der Waals surface area contributed by atoms with Crippen molar-refractivity contribution in [2.45, 2.75) is 20.3 Å². The lowest BCUT2D eigenvalue weighted by atomic mass is 10.2. The number of carbonyl (C=O) groups is 1. The van der Waals surface area contributed by atoms with Crippen LogP contribution >= 0.6 is 11.3 Å². The van der Waals surface area contributed by atoms with Crippen molar-refractivity contribution in [2.24, 2.45) is 0 Å². The minimum absolute atomic E-state index is 0.257. The standard InChI is InChI=1S/C16H22N4OS/c1-3-15(21)20-9-7-19(8-10-20)12-5-6-13-14(11-12)22-16(18-13)17-4-2/h5-6,11H,3-4,7-10H2,1-2H3,(H,17,18). The minimum atomic E-state index is 0.257. The highest BCUT2D eigenvalue weighted by Gasteiger charge is 2.20. The second-order valence-electron chi connectivity index (χ2n) is 5.42. The molecule has 1 aromatic carbocycles. The summed E-state index contributed by atoms with van der Waals surface area (Å²) in [5.74, 6) is 0.257. The molecule has 2 aromatic rings. The molecule has 2 heterocycles. The van der Waals surface area contributed by atoms with Crippen LogP contribution in [0.4, 0.5) is 10.8 Å². The van der Waals surface area contributed by atoms with Gasteiger partial charge in [0.2, 0.25) is 5.91 Å². The molecule has 6 heteroatoms. The van der Waals surface area contributed by atoms with Gasteiger partial charge in [-0.2, -0.15) is 0 Å². The van der Waals surface area contributed by atoms with Crippen molar-refractivity contribution >= 4 is 38.3 Å². The first-order chi connectivity index (χ1) is 10.7. The molecule has 1 aliphatic heterocycles. The molecule has 1 saturated heterocycles. The van der Waals surface area contributed by atoms with Crippen molar-refractivity contribution in [1.29, 1.82) is 0 Å². The lowest BCUT2D eigenvalue weighted by molar-refractivity contribution is -0.131. The molecule has 5 nitrogen and oxygen atoms in total. The van der Waals surface area contributed by atoms with E-state index in [1.165, 1.54) is 10.4 Å². The van der Waals surface area contributed by atoms with Gasteiger partial charge in [0, 0.05) is 44.8 Å². The Morgan fingerprint density at radius 3 is 2.73 bits per heavy atom. The Kier molecular flexibility index (Phi) is 4.47. The summed E-state index contributed by atoms with van der Waals surface area (Å²) in [6, 6.07) is 6.44. The second kappa shape index (κ2) is 6.52. The SMILES string of the molecule is CCNc1nc2ccc(N3CCN(C(=O)CC)CC3)cc2s1. The van der Waals surface area contributed by atoms with Gasteiger partial charge in [0.05, 0.1) is 10.2 Å². The first-order valence-corrected chi connectivity index (χ1v) is 8.70. The highest BCUT2D eigenvalue weighted by atomic mass is 32.1. The van der Waals surface area contributed by atoms with E-state index in [4.69, 9.17) is 0 Å². The molecule has 0 bridgehead atoms. The van der Waals surface area contributed by atoms with Crippen molar-refractivity contribution in [3.05, 3.63) is 18.2 Å². The third kappa shape index (κ3) is 3.02. The summed E-state index contributed by atoms with van der Waals surface area (Å²) in [6.45, 7) is 8.32. The monoisotopic (exact) mass is 318 g/mol. The molecule has 1 fully saturated rings.